The molecule has 4 heteroatoms. The first-order valence-corrected chi connectivity index (χ1v) is 8.24. The molecular weight excluding hydrogens is 276 g/mol. The second-order valence-electron chi connectivity index (χ2n) is 6.72. The molecule has 3 rings (SSSR count). The predicted molar refractivity (Wildman–Crippen MR) is 86.7 cm³/mol. The van der Waals surface area contributed by atoms with Gasteiger partial charge in [0.15, 0.2) is 0 Å². The predicted octanol–water partition coefficient (Wildman–Crippen LogP) is 2.21. The SMILES string of the molecule is COC[C@H](N)C(=O)N(C1CC1)C1CC(c2ccccc2C)C1. The van der Waals surface area contributed by atoms with Crippen LogP contribution in [0, 0.1) is 6.92 Å². The number of benzene rings is 1. The largest absolute Gasteiger partial charge is 0.383 e. The summed E-state index contributed by atoms with van der Waals surface area (Å²) in [6, 6.07) is 8.82. The average molecular weight is 302 g/mol. The fourth-order valence-electron chi connectivity index (χ4n) is 3.57. The second-order valence-corrected chi connectivity index (χ2v) is 6.72. The highest BCUT2D eigenvalue weighted by atomic mass is 16.5. The first kappa shape index (κ1) is 15.5. The van der Waals surface area contributed by atoms with Gasteiger partial charge in [-0.1, -0.05) is 24.3 Å². The Hall–Kier alpha value is -1.39. The van der Waals surface area contributed by atoms with Crippen LogP contribution in [-0.4, -0.2) is 42.6 Å². The number of hydrogen-bond donors (Lipinski definition) is 1. The Morgan fingerprint density at radius 2 is 2.00 bits per heavy atom. The second kappa shape index (κ2) is 6.39. The van der Waals surface area contributed by atoms with Gasteiger partial charge in [0.05, 0.1) is 6.61 Å². The Balaban J connectivity index is 1.64. The number of methoxy groups -OCH3 is 1. The number of carbonyl (C=O) groups excluding carboxylic acids is 1. The molecule has 0 radical (unpaired) electrons. The summed E-state index contributed by atoms with van der Waals surface area (Å²) in [6.07, 6.45) is 4.37. The van der Waals surface area contributed by atoms with Gasteiger partial charge in [0.25, 0.3) is 0 Å². The Morgan fingerprint density at radius 3 is 2.59 bits per heavy atom. The number of carbonyl (C=O) groups is 1. The van der Waals surface area contributed by atoms with E-state index in [-0.39, 0.29) is 5.91 Å². The Morgan fingerprint density at radius 1 is 1.32 bits per heavy atom. The van der Waals surface area contributed by atoms with Gasteiger partial charge < -0.3 is 15.4 Å². The van der Waals surface area contributed by atoms with E-state index in [0.29, 0.717) is 24.6 Å². The molecule has 120 valence electrons. The number of nitrogens with two attached hydrogens (primary N) is 1. The van der Waals surface area contributed by atoms with Gasteiger partial charge in [0.2, 0.25) is 5.91 Å². The van der Waals surface area contributed by atoms with Crippen LogP contribution in [0.5, 0.6) is 0 Å². The van der Waals surface area contributed by atoms with Crippen LogP contribution in [0.15, 0.2) is 24.3 Å². The number of rotatable bonds is 6. The summed E-state index contributed by atoms with van der Waals surface area (Å²) in [5, 5.41) is 0. The van der Waals surface area contributed by atoms with Crippen molar-refractivity contribution in [2.24, 2.45) is 5.73 Å². The molecule has 0 heterocycles. The van der Waals surface area contributed by atoms with Crippen molar-refractivity contribution in [2.75, 3.05) is 13.7 Å². The Kier molecular flexibility index (Phi) is 4.50. The van der Waals surface area contributed by atoms with Crippen molar-refractivity contribution < 1.29 is 9.53 Å². The number of hydrogen-bond acceptors (Lipinski definition) is 3. The fraction of sp³-hybridized carbons (Fsp3) is 0.611. The van der Waals surface area contributed by atoms with E-state index in [4.69, 9.17) is 10.5 Å². The summed E-state index contributed by atoms with van der Waals surface area (Å²) >= 11 is 0. The Bertz CT molecular complexity index is 536. The molecule has 0 spiro atoms. The molecule has 1 aromatic rings. The van der Waals surface area contributed by atoms with Crippen LogP contribution < -0.4 is 5.73 Å². The van der Waals surface area contributed by atoms with Crippen LogP contribution in [0.25, 0.3) is 0 Å². The monoisotopic (exact) mass is 302 g/mol. The molecule has 2 saturated carbocycles. The van der Waals surface area contributed by atoms with Gasteiger partial charge in [-0.15, -0.1) is 0 Å². The molecule has 1 atom stereocenters. The fourth-order valence-corrected chi connectivity index (χ4v) is 3.57. The maximum absolute atomic E-state index is 12.6. The molecule has 2 aliphatic rings. The number of aryl methyl sites for hydroxylation is 1. The van der Waals surface area contributed by atoms with Crippen LogP contribution in [0.3, 0.4) is 0 Å². The summed E-state index contributed by atoms with van der Waals surface area (Å²) < 4.78 is 5.04. The zero-order valence-electron chi connectivity index (χ0n) is 13.5. The highest BCUT2D eigenvalue weighted by Gasteiger charge is 2.44. The van der Waals surface area contributed by atoms with Gasteiger partial charge in [-0.2, -0.15) is 0 Å². The van der Waals surface area contributed by atoms with E-state index in [0.717, 1.165) is 25.7 Å². The number of nitrogens with zero attached hydrogens (tertiary/aromatic N) is 1. The van der Waals surface area contributed by atoms with E-state index in [9.17, 15) is 4.79 Å². The molecule has 1 aromatic carbocycles. The van der Waals surface area contributed by atoms with E-state index in [1.54, 1.807) is 7.11 Å². The van der Waals surface area contributed by atoms with Crippen LogP contribution in [0.4, 0.5) is 0 Å². The highest BCUT2D eigenvalue weighted by molar-refractivity contribution is 5.83. The molecule has 0 unspecified atom stereocenters. The molecule has 2 N–H and O–H groups in total. The van der Waals surface area contributed by atoms with Crippen LogP contribution in [0.2, 0.25) is 0 Å². The molecule has 2 aliphatic carbocycles. The van der Waals surface area contributed by atoms with E-state index < -0.39 is 6.04 Å². The maximum atomic E-state index is 12.6. The topological polar surface area (TPSA) is 55.6 Å². The summed E-state index contributed by atoms with van der Waals surface area (Å²) in [4.78, 5) is 14.6. The van der Waals surface area contributed by atoms with Crippen molar-refractivity contribution in [3.63, 3.8) is 0 Å². The van der Waals surface area contributed by atoms with Crippen molar-refractivity contribution in [2.45, 2.75) is 56.7 Å². The van der Waals surface area contributed by atoms with Gasteiger partial charge in [-0.3, -0.25) is 4.79 Å². The molecule has 1 amide bonds. The standard InChI is InChI=1S/C18H26N2O2/c1-12-5-3-4-6-16(12)13-9-15(10-13)20(14-7-8-14)18(21)17(19)11-22-2/h3-6,13-15,17H,7-11,19H2,1-2H3/t13?,15?,17-/m0/s1. The molecule has 2 fully saturated rings. The van der Waals surface area contributed by atoms with Gasteiger partial charge in [0, 0.05) is 19.2 Å². The molecule has 4 nitrogen and oxygen atoms in total. The van der Waals surface area contributed by atoms with E-state index >= 15 is 0 Å². The summed E-state index contributed by atoms with van der Waals surface area (Å²) in [6.45, 7) is 2.47. The summed E-state index contributed by atoms with van der Waals surface area (Å²) in [5.74, 6) is 0.650. The van der Waals surface area contributed by atoms with E-state index in [2.05, 4.69) is 36.1 Å². The van der Waals surface area contributed by atoms with Crippen LogP contribution in [0.1, 0.15) is 42.7 Å². The lowest BCUT2D eigenvalue weighted by Crippen LogP contribution is -2.54. The van der Waals surface area contributed by atoms with Crippen molar-refractivity contribution in [1.82, 2.24) is 4.90 Å². The lowest BCUT2D eigenvalue weighted by molar-refractivity contribution is -0.139. The van der Waals surface area contributed by atoms with Crippen LogP contribution >= 0.6 is 0 Å². The zero-order chi connectivity index (χ0) is 15.7. The van der Waals surface area contributed by atoms with Crippen LogP contribution in [-0.2, 0) is 9.53 Å². The lowest BCUT2D eigenvalue weighted by atomic mass is 9.73. The minimum absolute atomic E-state index is 0.0672. The molecule has 22 heavy (non-hydrogen) atoms. The zero-order valence-corrected chi connectivity index (χ0v) is 13.5. The first-order valence-electron chi connectivity index (χ1n) is 8.24. The molecule has 0 bridgehead atoms. The Labute approximate surface area is 132 Å². The number of amides is 1. The number of ether oxygens (including phenoxy) is 1. The third-order valence-electron chi connectivity index (χ3n) is 4.99. The normalized spacial score (nSPS) is 25.4. The van der Waals surface area contributed by atoms with Crippen molar-refractivity contribution in [3.05, 3.63) is 35.4 Å². The maximum Gasteiger partial charge on any atom is 0.242 e. The molecular formula is C18H26N2O2. The third-order valence-corrected chi connectivity index (χ3v) is 4.99. The van der Waals surface area contributed by atoms with Crippen molar-refractivity contribution in [1.29, 1.82) is 0 Å². The average Bonchev–Trinajstić information content (AvgIpc) is 3.27. The smallest absolute Gasteiger partial charge is 0.242 e. The van der Waals surface area contributed by atoms with Gasteiger partial charge in [0.1, 0.15) is 6.04 Å². The van der Waals surface area contributed by atoms with Gasteiger partial charge in [-0.25, -0.2) is 0 Å². The molecule has 0 aromatic heterocycles. The van der Waals surface area contributed by atoms with Gasteiger partial charge >= 0.3 is 0 Å². The third kappa shape index (κ3) is 3.03. The van der Waals surface area contributed by atoms with E-state index in [1.807, 2.05) is 0 Å². The van der Waals surface area contributed by atoms with Crippen molar-refractivity contribution in [3.8, 4) is 0 Å². The summed E-state index contributed by atoms with van der Waals surface area (Å²) in [7, 11) is 1.59. The minimum Gasteiger partial charge on any atom is -0.383 e. The first-order chi connectivity index (χ1) is 10.6. The van der Waals surface area contributed by atoms with Crippen molar-refractivity contribution >= 4 is 5.91 Å². The molecule has 0 saturated heterocycles. The molecule has 0 aliphatic heterocycles. The quantitative estimate of drug-likeness (QED) is 0.876. The van der Waals surface area contributed by atoms with E-state index in [1.165, 1.54) is 11.1 Å². The minimum atomic E-state index is -0.525. The lowest BCUT2D eigenvalue weighted by Gasteiger charge is -2.44. The highest BCUT2D eigenvalue weighted by Crippen LogP contribution is 2.44. The van der Waals surface area contributed by atoms with Gasteiger partial charge in [-0.05, 0) is 49.7 Å². The summed E-state index contributed by atoms with van der Waals surface area (Å²) in [5.41, 5.74) is 8.75.